The van der Waals surface area contributed by atoms with Crippen molar-refractivity contribution in [3.63, 3.8) is 0 Å². The second-order valence-corrected chi connectivity index (χ2v) is 5.69. The topological polar surface area (TPSA) is 117 Å². The van der Waals surface area contributed by atoms with Crippen molar-refractivity contribution in [2.75, 3.05) is 52.4 Å². The van der Waals surface area contributed by atoms with Crippen molar-refractivity contribution < 1.29 is 16.8 Å². The fourth-order valence-corrected chi connectivity index (χ4v) is 2.56. The number of hydrogen-bond donors (Lipinski definition) is 3. The molecule has 8 nitrogen and oxygen atoms in total. The van der Waals surface area contributed by atoms with Gasteiger partial charge in [-0.05, 0) is 6.54 Å². The molecule has 9 heteroatoms. The maximum atomic E-state index is 8.00. The summed E-state index contributed by atoms with van der Waals surface area (Å²) in [4.78, 5) is 8.00. The van der Waals surface area contributed by atoms with Crippen LogP contribution in [0.5, 0.6) is 0 Å². The van der Waals surface area contributed by atoms with Gasteiger partial charge in [0.1, 0.15) is 0 Å². The van der Waals surface area contributed by atoms with Gasteiger partial charge in [-0.1, -0.05) is 31.4 Å². The summed E-state index contributed by atoms with van der Waals surface area (Å²) in [6.45, 7) is 7.82. The summed E-state index contributed by atoms with van der Waals surface area (Å²) in [5.41, 5.74) is 1.15. The third-order valence-corrected chi connectivity index (χ3v) is 3.80. The van der Waals surface area contributed by atoms with E-state index in [4.69, 9.17) is 10.1 Å². The van der Waals surface area contributed by atoms with Crippen LogP contribution < -0.4 is 16.0 Å². The molecule has 0 bridgehead atoms. The number of allylic oxidation sites excluding steroid dienone is 2. The van der Waals surface area contributed by atoms with E-state index >= 15 is 0 Å². The Kier molecular flexibility index (Phi) is 17.1. The molecular weight excluding hydrogens is 367 g/mol. The van der Waals surface area contributed by atoms with Crippen molar-refractivity contribution >= 4 is 0 Å². The summed E-state index contributed by atoms with van der Waals surface area (Å²) >= 11 is 0. The largest absolute Gasteiger partial charge is 2.00 e. The minimum atomic E-state index is 0. The SMILES string of the molecule is C1=CC[N-]C(CNCCNCCNCC2CCCC[N-]2)=C1.O=N[O-].[Co+2]. The minimum absolute atomic E-state index is 0. The molecule has 0 aromatic heterocycles. The Bertz CT molecular complexity index is 376. The number of nitrogens with zero attached hydrogens (tertiary/aromatic N) is 3. The first-order chi connectivity index (χ1) is 11.9. The Labute approximate surface area is 160 Å². The summed E-state index contributed by atoms with van der Waals surface area (Å²) in [5.74, 6) is 0. The molecule has 1 unspecified atom stereocenters. The number of rotatable bonds is 10. The monoisotopic (exact) mass is 396 g/mol. The van der Waals surface area contributed by atoms with E-state index in [1.165, 1.54) is 19.3 Å². The van der Waals surface area contributed by atoms with Crippen molar-refractivity contribution in [2.24, 2.45) is 5.34 Å². The molecular formula is C16H29CoN6O2-. The first kappa shape index (κ1) is 24.0. The molecule has 0 saturated carbocycles. The Balaban J connectivity index is 0.00000134. The molecule has 25 heavy (non-hydrogen) atoms. The van der Waals surface area contributed by atoms with E-state index in [2.05, 4.69) is 44.8 Å². The van der Waals surface area contributed by atoms with Crippen LogP contribution in [0.3, 0.4) is 0 Å². The van der Waals surface area contributed by atoms with Gasteiger partial charge in [-0.25, -0.2) is 0 Å². The molecule has 1 radical (unpaired) electrons. The van der Waals surface area contributed by atoms with Crippen LogP contribution in [0.15, 0.2) is 29.3 Å². The van der Waals surface area contributed by atoms with Gasteiger partial charge < -0.3 is 36.7 Å². The van der Waals surface area contributed by atoms with Gasteiger partial charge in [-0.15, -0.1) is 36.2 Å². The van der Waals surface area contributed by atoms with E-state index in [-0.39, 0.29) is 16.8 Å². The number of piperidine rings is 1. The van der Waals surface area contributed by atoms with Gasteiger partial charge in [-0.2, -0.15) is 0 Å². The molecule has 2 aliphatic heterocycles. The first-order valence-electron chi connectivity index (χ1n) is 8.63. The predicted octanol–water partition coefficient (Wildman–Crippen LogP) is 1.76. The molecule has 3 N–H and O–H groups in total. The fraction of sp³-hybridized carbons (Fsp3) is 0.750. The van der Waals surface area contributed by atoms with E-state index < -0.39 is 0 Å². The standard InChI is InChI=1S/C16H29N5.Co.HNO2/c1-3-7-20-15(5-1)13-18-11-9-17-10-12-19-14-16-6-2-4-8-21-16;;2-1-3/h1,3,5,16-19H,2,4,6-14H2;;(H,2,3)/q-2;+2;/p-1. The van der Waals surface area contributed by atoms with Gasteiger partial charge in [0.2, 0.25) is 0 Å². The average Bonchev–Trinajstić information content (AvgIpc) is 2.63. The van der Waals surface area contributed by atoms with Gasteiger partial charge >= 0.3 is 16.8 Å². The molecule has 0 spiro atoms. The zero-order valence-corrected chi connectivity index (χ0v) is 15.6. The quantitative estimate of drug-likeness (QED) is 0.296. The Hall–Kier alpha value is -0.974. The Morgan fingerprint density at radius 2 is 1.88 bits per heavy atom. The molecule has 1 fully saturated rings. The van der Waals surface area contributed by atoms with Crippen LogP contribution in [-0.4, -0.2) is 58.4 Å². The summed E-state index contributed by atoms with van der Waals surface area (Å²) in [7, 11) is 0. The van der Waals surface area contributed by atoms with Crippen LogP contribution in [0.25, 0.3) is 10.6 Å². The van der Waals surface area contributed by atoms with Crippen LogP contribution in [-0.2, 0) is 16.8 Å². The van der Waals surface area contributed by atoms with E-state index in [9.17, 15) is 0 Å². The second-order valence-electron chi connectivity index (χ2n) is 5.69. The molecule has 2 aliphatic rings. The van der Waals surface area contributed by atoms with Crippen molar-refractivity contribution in [2.45, 2.75) is 25.3 Å². The van der Waals surface area contributed by atoms with Gasteiger partial charge in [0.15, 0.2) is 0 Å². The Morgan fingerprint density at radius 1 is 1.16 bits per heavy atom. The van der Waals surface area contributed by atoms with Crippen LogP contribution in [0.2, 0.25) is 0 Å². The normalized spacial score (nSPS) is 18.9. The molecule has 2 heterocycles. The summed E-state index contributed by atoms with van der Waals surface area (Å²) < 4.78 is 0. The van der Waals surface area contributed by atoms with Crippen molar-refractivity contribution in [1.29, 1.82) is 0 Å². The van der Waals surface area contributed by atoms with Crippen LogP contribution >= 0.6 is 0 Å². The van der Waals surface area contributed by atoms with Crippen LogP contribution in [0.1, 0.15) is 19.3 Å². The molecule has 0 amide bonds. The second kappa shape index (κ2) is 17.8. The fourth-order valence-electron chi connectivity index (χ4n) is 2.56. The third kappa shape index (κ3) is 13.9. The molecule has 145 valence electrons. The van der Waals surface area contributed by atoms with E-state index in [1.807, 2.05) is 0 Å². The van der Waals surface area contributed by atoms with Crippen LogP contribution in [0, 0.1) is 10.1 Å². The van der Waals surface area contributed by atoms with Crippen molar-refractivity contribution in [3.05, 3.63) is 44.7 Å². The van der Waals surface area contributed by atoms with Crippen molar-refractivity contribution in [1.82, 2.24) is 16.0 Å². The molecule has 2 rings (SSSR count). The Morgan fingerprint density at radius 3 is 2.52 bits per heavy atom. The first-order valence-corrected chi connectivity index (χ1v) is 8.63. The molecule has 1 saturated heterocycles. The van der Waals surface area contributed by atoms with Crippen molar-refractivity contribution in [3.8, 4) is 0 Å². The van der Waals surface area contributed by atoms with Gasteiger partial charge in [0.25, 0.3) is 0 Å². The number of hydrogen-bond acceptors (Lipinski definition) is 6. The third-order valence-electron chi connectivity index (χ3n) is 3.80. The van der Waals surface area contributed by atoms with Gasteiger partial charge in [0.05, 0.1) is 0 Å². The summed E-state index contributed by atoms with van der Waals surface area (Å²) in [6.07, 6.45) is 10.1. The predicted molar refractivity (Wildman–Crippen MR) is 99.1 cm³/mol. The van der Waals surface area contributed by atoms with E-state index in [0.717, 1.165) is 63.4 Å². The maximum Gasteiger partial charge on any atom is 2.00 e. The average molecular weight is 396 g/mol. The number of nitrogens with one attached hydrogen (secondary N) is 3. The zero-order chi connectivity index (χ0) is 17.3. The van der Waals surface area contributed by atoms with Gasteiger partial charge in [-0.3, -0.25) is 0 Å². The minimum Gasteiger partial charge on any atom is -0.684 e. The van der Waals surface area contributed by atoms with E-state index in [0.29, 0.717) is 6.04 Å². The van der Waals surface area contributed by atoms with E-state index in [1.54, 1.807) is 0 Å². The molecule has 0 aromatic carbocycles. The summed E-state index contributed by atoms with van der Waals surface area (Å²) in [6, 6.07) is 0.557. The molecule has 1 atom stereocenters. The summed E-state index contributed by atoms with van der Waals surface area (Å²) in [5, 5.41) is 28.4. The maximum absolute atomic E-state index is 8.00. The smallest absolute Gasteiger partial charge is 0.684 e. The zero-order valence-electron chi connectivity index (χ0n) is 14.6. The van der Waals surface area contributed by atoms with Crippen LogP contribution in [0.4, 0.5) is 0 Å². The molecule has 0 aromatic rings. The van der Waals surface area contributed by atoms with Gasteiger partial charge in [0, 0.05) is 32.7 Å². The molecule has 0 aliphatic carbocycles.